The van der Waals surface area contributed by atoms with E-state index in [0.717, 1.165) is 12.1 Å². The Morgan fingerprint density at radius 3 is 2.47 bits per heavy atom. The Balaban J connectivity index is 3.34. The number of nitro benzene ring substituents is 1. The van der Waals surface area contributed by atoms with Gasteiger partial charge in [0.1, 0.15) is 0 Å². The van der Waals surface area contributed by atoms with Crippen LogP contribution in [0.15, 0.2) is 18.2 Å². The van der Waals surface area contributed by atoms with Gasteiger partial charge in [-0.2, -0.15) is 0 Å². The maximum Gasteiger partial charge on any atom is 0.356 e. The van der Waals surface area contributed by atoms with Crippen LogP contribution in [0.1, 0.15) is 12.5 Å². The van der Waals surface area contributed by atoms with E-state index in [-0.39, 0.29) is 11.0 Å². The summed E-state index contributed by atoms with van der Waals surface area (Å²) in [7, 11) is -4.34. The van der Waals surface area contributed by atoms with E-state index in [1.54, 1.807) is 6.92 Å². The SMILES string of the molecule is CCc1cc([N+](=O)[O-])ccc1P(=O)(O)O. The Morgan fingerprint density at radius 1 is 1.47 bits per heavy atom. The van der Waals surface area contributed by atoms with E-state index >= 15 is 0 Å². The average molecular weight is 231 g/mol. The molecular formula is C8H10NO5P. The summed E-state index contributed by atoms with van der Waals surface area (Å²) < 4.78 is 11.0. The van der Waals surface area contributed by atoms with Gasteiger partial charge >= 0.3 is 7.60 Å². The van der Waals surface area contributed by atoms with E-state index in [1.165, 1.54) is 6.07 Å². The van der Waals surface area contributed by atoms with E-state index in [0.29, 0.717) is 12.0 Å². The molecule has 0 radical (unpaired) electrons. The maximum atomic E-state index is 11.0. The molecule has 0 aromatic heterocycles. The monoisotopic (exact) mass is 231 g/mol. The molecule has 1 rings (SSSR count). The topological polar surface area (TPSA) is 101 Å². The zero-order chi connectivity index (χ0) is 11.6. The lowest BCUT2D eigenvalue weighted by Crippen LogP contribution is -2.10. The van der Waals surface area contributed by atoms with Crippen LogP contribution in [0.2, 0.25) is 0 Å². The van der Waals surface area contributed by atoms with E-state index in [2.05, 4.69) is 0 Å². The first-order chi connectivity index (χ1) is 6.86. The van der Waals surface area contributed by atoms with Gasteiger partial charge in [0.2, 0.25) is 0 Å². The van der Waals surface area contributed by atoms with Crippen LogP contribution in [0, 0.1) is 10.1 Å². The van der Waals surface area contributed by atoms with Crippen LogP contribution in [-0.2, 0) is 11.0 Å². The molecule has 82 valence electrons. The summed E-state index contributed by atoms with van der Waals surface area (Å²) in [6.07, 6.45) is 0.335. The molecule has 0 heterocycles. The largest absolute Gasteiger partial charge is 0.356 e. The van der Waals surface area contributed by atoms with Crippen LogP contribution in [0.5, 0.6) is 0 Å². The second-order valence-electron chi connectivity index (χ2n) is 2.97. The molecule has 0 saturated carbocycles. The second-order valence-corrected chi connectivity index (χ2v) is 4.54. The standard InChI is InChI=1S/C8H10NO5P/c1-2-6-5-7(9(10)11)3-4-8(6)15(12,13)14/h3-5H,2H2,1H3,(H2,12,13,14). The third-order valence-corrected chi connectivity index (χ3v) is 3.03. The fourth-order valence-electron chi connectivity index (χ4n) is 1.25. The second kappa shape index (κ2) is 4.10. The van der Waals surface area contributed by atoms with Crippen molar-refractivity contribution in [2.75, 3.05) is 0 Å². The molecule has 0 spiro atoms. The molecule has 15 heavy (non-hydrogen) atoms. The number of hydrogen-bond acceptors (Lipinski definition) is 3. The average Bonchev–Trinajstić information content (AvgIpc) is 2.15. The highest BCUT2D eigenvalue weighted by Crippen LogP contribution is 2.35. The molecule has 0 aliphatic carbocycles. The highest BCUT2D eigenvalue weighted by atomic mass is 31.2. The quantitative estimate of drug-likeness (QED) is 0.458. The van der Waals surface area contributed by atoms with Gasteiger partial charge in [-0.05, 0) is 18.1 Å². The minimum atomic E-state index is -4.34. The molecule has 0 aliphatic rings. The maximum absolute atomic E-state index is 11.0. The lowest BCUT2D eigenvalue weighted by atomic mass is 10.1. The van der Waals surface area contributed by atoms with E-state index in [1.807, 2.05) is 0 Å². The number of nitrogens with zero attached hydrogens (tertiary/aromatic N) is 1. The third-order valence-electron chi connectivity index (χ3n) is 1.97. The molecule has 1 aromatic rings. The molecule has 0 amide bonds. The summed E-state index contributed by atoms with van der Waals surface area (Å²) in [5, 5.41) is 10.3. The minimum Gasteiger partial charge on any atom is -0.321 e. The fourth-order valence-corrected chi connectivity index (χ4v) is 2.12. The number of rotatable bonds is 3. The zero-order valence-corrected chi connectivity index (χ0v) is 8.85. The number of hydrogen-bond donors (Lipinski definition) is 2. The van der Waals surface area contributed by atoms with Crippen molar-refractivity contribution in [3.8, 4) is 0 Å². The van der Waals surface area contributed by atoms with Crippen LogP contribution >= 0.6 is 7.60 Å². The first-order valence-electron chi connectivity index (χ1n) is 4.19. The van der Waals surface area contributed by atoms with E-state index < -0.39 is 12.5 Å². The molecule has 0 unspecified atom stereocenters. The van der Waals surface area contributed by atoms with Crippen molar-refractivity contribution >= 4 is 18.6 Å². The first kappa shape index (κ1) is 11.8. The van der Waals surface area contributed by atoms with Crippen LogP contribution in [0.4, 0.5) is 5.69 Å². The van der Waals surface area contributed by atoms with Gasteiger partial charge in [-0.25, -0.2) is 0 Å². The smallest absolute Gasteiger partial charge is 0.321 e. The van der Waals surface area contributed by atoms with Crippen molar-refractivity contribution in [2.24, 2.45) is 0 Å². The molecule has 0 bridgehead atoms. The zero-order valence-electron chi connectivity index (χ0n) is 7.95. The predicted molar refractivity (Wildman–Crippen MR) is 54.2 cm³/mol. The van der Waals surface area contributed by atoms with E-state index in [4.69, 9.17) is 9.79 Å². The van der Waals surface area contributed by atoms with Crippen molar-refractivity contribution < 1.29 is 19.3 Å². The van der Waals surface area contributed by atoms with Crippen molar-refractivity contribution in [3.05, 3.63) is 33.9 Å². The van der Waals surface area contributed by atoms with Crippen molar-refractivity contribution in [3.63, 3.8) is 0 Å². The minimum absolute atomic E-state index is 0.143. The molecule has 1 aromatic carbocycles. The Kier molecular flexibility index (Phi) is 3.24. The first-order valence-corrected chi connectivity index (χ1v) is 5.81. The molecule has 7 heteroatoms. The van der Waals surface area contributed by atoms with Crippen molar-refractivity contribution in [2.45, 2.75) is 13.3 Å². The lowest BCUT2D eigenvalue weighted by molar-refractivity contribution is -0.384. The van der Waals surface area contributed by atoms with Gasteiger partial charge < -0.3 is 9.79 Å². The summed E-state index contributed by atoms with van der Waals surface area (Å²) in [5.74, 6) is 0. The fraction of sp³-hybridized carbons (Fsp3) is 0.250. The summed E-state index contributed by atoms with van der Waals surface area (Å²) in [6, 6.07) is 3.39. The molecule has 0 saturated heterocycles. The summed E-state index contributed by atoms with van der Waals surface area (Å²) in [5.41, 5.74) is 0.140. The van der Waals surface area contributed by atoms with Gasteiger partial charge in [-0.1, -0.05) is 6.92 Å². The van der Waals surface area contributed by atoms with Gasteiger partial charge in [0, 0.05) is 12.1 Å². The summed E-state index contributed by atoms with van der Waals surface area (Å²) >= 11 is 0. The van der Waals surface area contributed by atoms with E-state index in [9.17, 15) is 14.7 Å². The van der Waals surface area contributed by atoms with Crippen LogP contribution in [-0.4, -0.2) is 14.7 Å². The number of aryl methyl sites for hydroxylation is 1. The van der Waals surface area contributed by atoms with Crippen LogP contribution in [0.3, 0.4) is 0 Å². The van der Waals surface area contributed by atoms with Gasteiger partial charge in [-0.15, -0.1) is 0 Å². The Hall–Kier alpha value is -1.23. The highest BCUT2D eigenvalue weighted by Gasteiger charge is 2.22. The molecule has 0 atom stereocenters. The summed E-state index contributed by atoms with van der Waals surface area (Å²) in [4.78, 5) is 27.8. The molecule has 6 nitrogen and oxygen atoms in total. The van der Waals surface area contributed by atoms with Crippen LogP contribution < -0.4 is 5.30 Å². The number of nitro groups is 1. The number of non-ortho nitro benzene ring substituents is 1. The Labute approximate surface area is 85.9 Å². The van der Waals surface area contributed by atoms with Gasteiger partial charge in [0.05, 0.1) is 10.2 Å². The lowest BCUT2D eigenvalue weighted by Gasteiger charge is -2.08. The predicted octanol–water partition coefficient (Wildman–Crippen LogP) is 0.960. The molecular weight excluding hydrogens is 221 g/mol. The third kappa shape index (κ3) is 2.62. The normalized spacial score (nSPS) is 11.4. The Bertz CT molecular complexity index is 439. The Morgan fingerprint density at radius 2 is 2.07 bits per heavy atom. The molecule has 0 aliphatic heterocycles. The van der Waals surface area contributed by atoms with Crippen LogP contribution in [0.25, 0.3) is 0 Å². The van der Waals surface area contributed by atoms with Gasteiger partial charge in [0.15, 0.2) is 0 Å². The number of benzene rings is 1. The molecule has 0 fully saturated rings. The molecule has 2 N–H and O–H groups in total. The van der Waals surface area contributed by atoms with Gasteiger partial charge in [-0.3, -0.25) is 14.7 Å². The highest BCUT2D eigenvalue weighted by molar-refractivity contribution is 7.60. The van der Waals surface area contributed by atoms with Crippen molar-refractivity contribution in [1.82, 2.24) is 0 Å². The summed E-state index contributed by atoms with van der Waals surface area (Å²) in [6.45, 7) is 1.68. The van der Waals surface area contributed by atoms with Gasteiger partial charge in [0.25, 0.3) is 5.69 Å². The van der Waals surface area contributed by atoms with Crippen molar-refractivity contribution in [1.29, 1.82) is 0 Å².